The largest absolute Gasteiger partial charge is 0.351 e. The van der Waals surface area contributed by atoms with Crippen LogP contribution in [0, 0.1) is 5.92 Å². The van der Waals surface area contributed by atoms with Gasteiger partial charge in [-0.1, -0.05) is 36.4 Å². The van der Waals surface area contributed by atoms with Gasteiger partial charge in [0.15, 0.2) is 0 Å². The van der Waals surface area contributed by atoms with Gasteiger partial charge in [-0.15, -0.1) is 0 Å². The molecule has 2 aromatic carbocycles. The number of hydrogen-bond acceptors (Lipinski definition) is 6. The first-order valence-corrected chi connectivity index (χ1v) is 13.6. The van der Waals surface area contributed by atoms with Gasteiger partial charge in [-0.3, -0.25) is 9.36 Å². The first kappa shape index (κ1) is 23.6. The highest BCUT2D eigenvalue weighted by Gasteiger charge is 2.35. The number of nitrogens with two attached hydrogens (primary N) is 1. The number of primary amides is 1. The summed E-state index contributed by atoms with van der Waals surface area (Å²) in [6.07, 6.45) is 5.68. The van der Waals surface area contributed by atoms with Crippen LogP contribution in [0.15, 0.2) is 54.7 Å². The van der Waals surface area contributed by atoms with E-state index in [0.717, 1.165) is 65.8 Å². The Morgan fingerprint density at radius 3 is 2.62 bits per heavy atom. The molecule has 1 saturated heterocycles. The van der Waals surface area contributed by atoms with Gasteiger partial charge in [0, 0.05) is 36.8 Å². The van der Waals surface area contributed by atoms with Crippen LogP contribution >= 0.6 is 0 Å². The molecule has 3 N–H and O–H groups in total. The predicted octanol–water partition coefficient (Wildman–Crippen LogP) is 3.69. The van der Waals surface area contributed by atoms with Crippen molar-refractivity contribution in [3.8, 4) is 17.2 Å². The molecule has 10 heteroatoms. The molecule has 0 bridgehead atoms. The average Bonchev–Trinajstić information content (AvgIpc) is 3.62. The van der Waals surface area contributed by atoms with Gasteiger partial charge in [-0.2, -0.15) is 4.98 Å². The zero-order valence-electron chi connectivity index (χ0n) is 21.6. The summed E-state index contributed by atoms with van der Waals surface area (Å²) in [6.45, 7) is 2.21. The molecular weight excluding hydrogens is 492 g/mol. The summed E-state index contributed by atoms with van der Waals surface area (Å²) in [5, 5.41) is 5.75. The first-order chi connectivity index (χ1) is 19.0. The number of aromatic nitrogens is 4. The van der Waals surface area contributed by atoms with Gasteiger partial charge in [-0.05, 0) is 48.6 Å². The summed E-state index contributed by atoms with van der Waals surface area (Å²) in [5.41, 5.74) is 8.27. The van der Waals surface area contributed by atoms with Crippen LogP contribution in [0.1, 0.15) is 37.1 Å². The number of imidazole rings is 1. The number of anilines is 1. The van der Waals surface area contributed by atoms with Crippen molar-refractivity contribution in [2.75, 3.05) is 18.4 Å². The maximum Gasteiger partial charge on any atom is 0.315 e. The van der Waals surface area contributed by atoms with Crippen LogP contribution in [0.4, 0.5) is 10.7 Å². The Bertz CT molecular complexity index is 1590. The maximum atomic E-state index is 12.6. The van der Waals surface area contributed by atoms with E-state index < -0.39 is 6.03 Å². The number of likely N-dealkylation sites (tertiary alicyclic amines) is 1. The lowest BCUT2D eigenvalue weighted by Gasteiger charge is -2.33. The second-order valence-electron chi connectivity index (χ2n) is 10.7. The Labute approximate surface area is 225 Å². The van der Waals surface area contributed by atoms with E-state index in [9.17, 15) is 9.59 Å². The number of amides is 3. The van der Waals surface area contributed by atoms with Crippen LogP contribution in [0.5, 0.6) is 0 Å². The Morgan fingerprint density at radius 2 is 1.79 bits per heavy atom. The third-order valence-electron chi connectivity index (χ3n) is 7.92. The molecule has 39 heavy (non-hydrogen) atoms. The number of nitrogens with one attached hydrogen (secondary N) is 1. The molecule has 1 atom stereocenters. The fraction of sp³-hybridized carbons (Fsp3) is 0.345. The number of carbonyl (C=O) groups is 2. The Hall–Kier alpha value is -4.47. The lowest BCUT2D eigenvalue weighted by molar-refractivity contribution is -0.133. The minimum absolute atomic E-state index is 0.0931. The fourth-order valence-corrected chi connectivity index (χ4v) is 5.74. The normalized spacial score (nSPS) is 18.8. The van der Waals surface area contributed by atoms with E-state index in [2.05, 4.69) is 40.6 Å². The molecule has 1 aliphatic carbocycles. The van der Waals surface area contributed by atoms with E-state index >= 15 is 0 Å². The molecule has 10 nitrogen and oxygen atoms in total. The molecule has 1 unspecified atom stereocenters. The van der Waals surface area contributed by atoms with Crippen LogP contribution < -0.4 is 11.1 Å². The molecule has 2 fully saturated rings. The Morgan fingerprint density at radius 1 is 0.949 bits per heavy atom. The van der Waals surface area contributed by atoms with Gasteiger partial charge in [0.05, 0.1) is 24.5 Å². The minimum Gasteiger partial charge on any atom is -0.351 e. The standard InChI is InChI=1S/C29H30N8O2/c30-28(39)36-16-23-24(17-36)37(26(33-23)21-10-7-18-4-1-2-5-20(18)14-21)25-11-12-31-29(34-25)32-22-6-3-13-35(15-22)27(38)19-8-9-19/h1-2,4-5,7,10-12,14,19,22H,3,6,8-9,13,15-17H2,(H2,30,39)(H,31,32,34). The van der Waals surface area contributed by atoms with Crippen molar-refractivity contribution in [3.63, 3.8) is 0 Å². The monoisotopic (exact) mass is 522 g/mol. The summed E-state index contributed by atoms with van der Waals surface area (Å²) in [5.74, 6) is 2.44. The maximum absolute atomic E-state index is 12.6. The number of piperidine rings is 1. The SMILES string of the molecule is NC(=O)N1Cc2nc(-c3ccc4ccccc4c3)n(-c3ccnc(NC4CCCN(C(=O)C5CC5)C4)n3)c2C1. The first-order valence-electron chi connectivity index (χ1n) is 13.6. The summed E-state index contributed by atoms with van der Waals surface area (Å²) in [7, 11) is 0. The van der Waals surface area contributed by atoms with Gasteiger partial charge in [0.2, 0.25) is 11.9 Å². The minimum atomic E-state index is -0.473. The summed E-state index contributed by atoms with van der Waals surface area (Å²) in [4.78, 5) is 42.5. The van der Waals surface area contributed by atoms with Crippen molar-refractivity contribution < 1.29 is 9.59 Å². The van der Waals surface area contributed by atoms with E-state index in [1.165, 1.54) is 0 Å². The molecule has 0 spiro atoms. The van der Waals surface area contributed by atoms with Gasteiger partial charge in [-0.25, -0.2) is 14.8 Å². The molecule has 1 saturated carbocycles. The van der Waals surface area contributed by atoms with Crippen molar-refractivity contribution in [2.45, 2.75) is 44.8 Å². The summed E-state index contributed by atoms with van der Waals surface area (Å²) in [6, 6.07) is 16.0. The van der Waals surface area contributed by atoms with Crippen molar-refractivity contribution >= 4 is 28.7 Å². The second-order valence-corrected chi connectivity index (χ2v) is 10.7. The van der Waals surface area contributed by atoms with Crippen LogP contribution in [0.2, 0.25) is 0 Å². The highest BCUT2D eigenvalue weighted by atomic mass is 16.2. The lowest BCUT2D eigenvalue weighted by Crippen LogP contribution is -2.45. The Kier molecular flexibility index (Phi) is 5.68. The molecule has 2 aliphatic heterocycles. The smallest absolute Gasteiger partial charge is 0.315 e. The van der Waals surface area contributed by atoms with Gasteiger partial charge in [0.25, 0.3) is 0 Å². The molecule has 198 valence electrons. The highest BCUT2D eigenvalue weighted by Crippen LogP contribution is 2.34. The molecule has 4 heterocycles. The van der Waals surface area contributed by atoms with Gasteiger partial charge in [0.1, 0.15) is 11.6 Å². The number of fused-ring (bicyclic) bond motifs is 2. The molecule has 3 aliphatic rings. The van der Waals surface area contributed by atoms with E-state index in [1.807, 2.05) is 27.7 Å². The van der Waals surface area contributed by atoms with Gasteiger partial charge < -0.3 is 20.9 Å². The third-order valence-corrected chi connectivity index (χ3v) is 7.92. The molecule has 2 aromatic heterocycles. The fourth-order valence-electron chi connectivity index (χ4n) is 5.74. The van der Waals surface area contributed by atoms with E-state index in [4.69, 9.17) is 15.7 Å². The van der Waals surface area contributed by atoms with E-state index in [1.54, 1.807) is 11.1 Å². The zero-order valence-corrected chi connectivity index (χ0v) is 21.6. The number of urea groups is 1. The zero-order chi connectivity index (χ0) is 26.5. The number of benzene rings is 2. The van der Waals surface area contributed by atoms with Crippen LogP contribution in [0.25, 0.3) is 28.0 Å². The second kappa shape index (κ2) is 9.37. The molecular formula is C29H30N8O2. The summed E-state index contributed by atoms with van der Waals surface area (Å²) >= 11 is 0. The molecule has 4 aromatic rings. The van der Waals surface area contributed by atoms with Crippen LogP contribution in [-0.2, 0) is 17.9 Å². The van der Waals surface area contributed by atoms with Crippen molar-refractivity contribution in [3.05, 3.63) is 66.1 Å². The third kappa shape index (κ3) is 4.45. The van der Waals surface area contributed by atoms with Crippen molar-refractivity contribution in [1.82, 2.24) is 29.3 Å². The number of carbonyl (C=O) groups excluding carboxylic acids is 2. The van der Waals surface area contributed by atoms with E-state index in [0.29, 0.717) is 31.4 Å². The molecule has 7 rings (SSSR count). The predicted molar refractivity (Wildman–Crippen MR) is 147 cm³/mol. The van der Waals surface area contributed by atoms with Crippen LogP contribution in [0.3, 0.4) is 0 Å². The molecule has 3 amide bonds. The highest BCUT2D eigenvalue weighted by molar-refractivity contribution is 5.86. The number of rotatable bonds is 5. The Balaban J connectivity index is 1.23. The topological polar surface area (TPSA) is 122 Å². The van der Waals surface area contributed by atoms with Crippen LogP contribution in [-0.4, -0.2) is 60.4 Å². The quantitative estimate of drug-likeness (QED) is 0.412. The summed E-state index contributed by atoms with van der Waals surface area (Å²) < 4.78 is 2.01. The number of nitrogens with zero attached hydrogens (tertiary/aromatic N) is 6. The molecule has 0 radical (unpaired) electrons. The average molecular weight is 523 g/mol. The van der Waals surface area contributed by atoms with Crippen molar-refractivity contribution in [1.29, 1.82) is 0 Å². The lowest BCUT2D eigenvalue weighted by atomic mass is 10.1. The van der Waals surface area contributed by atoms with Crippen molar-refractivity contribution in [2.24, 2.45) is 11.7 Å². The number of hydrogen-bond donors (Lipinski definition) is 2. The van der Waals surface area contributed by atoms with E-state index in [-0.39, 0.29) is 17.9 Å². The van der Waals surface area contributed by atoms with Gasteiger partial charge >= 0.3 is 6.03 Å².